The predicted octanol–water partition coefficient (Wildman–Crippen LogP) is 4.03. The van der Waals surface area contributed by atoms with E-state index in [1.807, 2.05) is 0 Å². The summed E-state index contributed by atoms with van der Waals surface area (Å²) in [5.41, 5.74) is 0.191. The molecular formula is C11H7Br2FO2. The van der Waals surface area contributed by atoms with Crippen molar-refractivity contribution in [3.63, 3.8) is 0 Å². The predicted molar refractivity (Wildman–Crippen MR) is 64.6 cm³/mol. The van der Waals surface area contributed by atoms with Gasteiger partial charge in [-0.15, -0.1) is 0 Å². The largest absolute Gasteiger partial charge is 0.450 e. The topological polar surface area (TPSA) is 33.4 Å². The summed E-state index contributed by atoms with van der Waals surface area (Å²) in [7, 11) is 0. The fourth-order valence-electron chi connectivity index (χ4n) is 1.35. The van der Waals surface area contributed by atoms with E-state index in [2.05, 4.69) is 31.9 Å². The Hall–Kier alpha value is -0.650. The molecule has 0 amide bonds. The molecule has 1 N–H and O–H groups in total. The lowest BCUT2D eigenvalue weighted by Gasteiger charge is -2.08. The van der Waals surface area contributed by atoms with Crippen LogP contribution in [0, 0.1) is 5.82 Å². The zero-order valence-corrected chi connectivity index (χ0v) is 11.1. The van der Waals surface area contributed by atoms with Crippen molar-refractivity contribution in [3.05, 3.63) is 56.6 Å². The third-order valence-corrected chi connectivity index (χ3v) is 3.84. The lowest BCUT2D eigenvalue weighted by molar-refractivity contribution is 0.183. The molecule has 1 aromatic carbocycles. The van der Waals surface area contributed by atoms with Crippen LogP contribution in [0.3, 0.4) is 0 Å². The SMILES string of the molecule is OC(c1cc(Br)c(Br)o1)c1ccccc1F. The van der Waals surface area contributed by atoms with Crippen LogP contribution in [-0.4, -0.2) is 5.11 Å². The van der Waals surface area contributed by atoms with Gasteiger partial charge in [-0.05, 0) is 44.0 Å². The van der Waals surface area contributed by atoms with E-state index in [4.69, 9.17) is 4.42 Å². The Morgan fingerprint density at radius 3 is 2.50 bits per heavy atom. The number of benzene rings is 1. The zero-order valence-electron chi connectivity index (χ0n) is 7.95. The summed E-state index contributed by atoms with van der Waals surface area (Å²) in [5.74, 6) is -0.178. The molecule has 0 aliphatic carbocycles. The highest BCUT2D eigenvalue weighted by Crippen LogP contribution is 2.33. The summed E-state index contributed by atoms with van der Waals surface area (Å²) < 4.78 is 19.8. The van der Waals surface area contributed by atoms with Crippen molar-refractivity contribution in [1.29, 1.82) is 0 Å². The first-order valence-corrected chi connectivity index (χ1v) is 6.05. The fraction of sp³-hybridized carbons (Fsp3) is 0.0909. The van der Waals surface area contributed by atoms with Crippen LogP contribution in [0.2, 0.25) is 0 Å². The molecule has 0 saturated heterocycles. The molecule has 0 bridgehead atoms. The van der Waals surface area contributed by atoms with Crippen LogP contribution in [0.15, 0.2) is 43.9 Å². The van der Waals surface area contributed by atoms with Gasteiger partial charge in [-0.3, -0.25) is 0 Å². The van der Waals surface area contributed by atoms with E-state index >= 15 is 0 Å². The number of hydrogen-bond donors (Lipinski definition) is 1. The Bertz CT molecular complexity index is 491. The monoisotopic (exact) mass is 348 g/mol. The van der Waals surface area contributed by atoms with E-state index in [1.54, 1.807) is 18.2 Å². The van der Waals surface area contributed by atoms with E-state index in [0.29, 0.717) is 9.14 Å². The van der Waals surface area contributed by atoms with Crippen LogP contribution in [0.25, 0.3) is 0 Å². The molecule has 1 atom stereocenters. The third kappa shape index (κ3) is 2.21. The van der Waals surface area contributed by atoms with Crippen LogP contribution < -0.4 is 0 Å². The minimum Gasteiger partial charge on any atom is -0.450 e. The molecule has 2 rings (SSSR count). The van der Waals surface area contributed by atoms with Gasteiger partial charge in [0.05, 0.1) is 4.47 Å². The number of aliphatic hydroxyl groups excluding tert-OH is 1. The van der Waals surface area contributed by atoms with Gasteiger partial charge in [-0.1, -0.05) is 18.2 Å². The summed E-state index contributed by atoms with van der Waals surface area (Å²) in [6, 6.07) is 7.64. The highest BCUT2D eigenvalue weighted by atomic mass is 79.9. The van der Waals surface area contributed by atoms with Gasteiger partial charge in [0.1, 0.15) is 17.7 Å². The average molecular weight is 350 g/mol. The number of aliphatic hydroxyl groups is 1. The first kappa shape index (κ1) is 11.8. The molecule has 1 unspecified atom stereocenters. The normalized spacial score (nSPS) is 12.8. The summed E-state index contributed by atoms with van der Waals surface area (Å²) in [6.07, 6.45) is -1.11. The van der Waals surface area contributed by atoms with Crippen molar-refractivity contribution in [3.8, 4) is 0 Å². The Morgan fingerprint density at radius 2 is 1.94 bits per heavy atom. The van der Waals surface area contributed by atoms with E-state index < -0.39 is 11.9 Å². The standard InChI is InChI=1S/C11H7Br2FO2/c12-7-5-9(16-11(7)13)10(15)6-3-1-2-4-8(6)14/h1-5,10,15H. The molecule has 2 nitrogen and oxygen atoms in total. The Balaban J connectivity index is 2.39. The van der Waals surface area contributed by atoms with Crippen molar-refractivity contribution in [2.75, 3.05) is 0 Å². The maximum absolute atomic E-state index is 13.4. The second kappa shape index (κ2) is 4.69. The van der Waals surface area contributed by atoms with Gasteiger partial charge >= 0.3 is 0 Å². The molecule has 0 radical (unpaired) electrons. The number of furan rings is 1. The highest BCUT2D eigenvalue weighted by molar-refractivity contribution is 9.13. The minimum absolute atomic E-state index is 0.191. The third-order valence-electron chi connectivity index (χ3n) is 2.13. The van der Waals surface area contributed by atoms with Crippen LogP contribution >= 0.6 is 31.9 Å². The lowest BCUT2D eigenvalue weighted by atomic mass is 10.1. The van der Waals surface area contributed by atoms with E-state index in [-0.39, 0.29) is 11.3 Å². The van der Waals surface area contributed by atoms with Crippen molar-refractivity contribution < 1.29 is 13.9 Å². The van der Waals surface area contributed by atoms with E-state index in [1.165, 1.54) is 12.1 Å². The lowest BCUT2D eigenvalue weighted by Crippen LogP contribution is -2.00. The molecule has 1 aromatic heterocycles. The zero-order chi connectivity index (χ0) is 11.7. The van der Waals surface area contributed by atoms with Crippen molar-refractivity contribution in [1.82, 2.24) is 0 Å². The second-order valence-corrected chi connectivity index (χ2v) is 4.77. The van der Waals surface area contributed by atoms with E-state index in [0.717, 1.165) is 0 Å². The molecule has 0 spiro atoms. The molecule has 1 heterocycles. The quantitative estimate of drug-likeness (QED) is 0.888. The number of halogens is 3. The van der Waals surface area contributed by atoms with Gasteiger partial charge in [0.2, 0.25) is 0 Å². The summed E-state index contributed by atoms with van der Waals surface area (Å²) in [6.45, 7) is 0. The average Bonchev–Trinajstić information content (AvgIpc) is 2.59. The molecular weight excluding hydrogens is 343 g/mol. The van der Waals surface area contributed by atoms with Crippen molar-refractivity contribution in [2.24, 2.45) is 0 Å². The van der Waals surface area contributed by atoms with Crippen molar-refractivity contribution >= 4 is 31.9 Å². The van der Waals surface area contributed by atoms with Crippen LogP contribution in [0.5, 0.6) is 0 Å². The van der Waals surface area contributed by atoms with Crippen LogP contribution in [0.1, 0.15) is 17.4 Å². The summed E-state index contributed by atoms with van der Waals surface area (Å²) >= 11 is 6.39. The number of hydrogen-bond acceptors (Lipinski definition) is 2. The van der Waals surface area contributed by atoms with Gasteiger partial charge in [-0.2, -0.15) is 0 Å². The Morgan fingerprint density at radius 1 is 1.25 bits per heavy atom. The Labute approximate surface area is 108 Å². The first-order valence-electron chi connectivity index (χ1n) is 4.47. The fourth-order valence-corrected chi connectivity index (χ4v) is 1.96. The molecule has 2 aromatic rings. The van der Waals surface area contributed by atoms with Gasteiger partial charge in [0.15, 0.2) is 4.67 Å². The maximum atomic E-state index is 13.4. The molecule has 0 saturated carbocycles. The number of rotatable bonds is 2. The van der Waals surface area contributed by atoms with Gasteiger partial charge in [-0.25, -0.2) is 4.39 Å². The second-order valence-electron chi connectivity index (χ2n) is 3.19. The molecule has 0 aliphatic rings. The van der Waals surface area contributed by atoms with Crippen LogP contribution in [0.4, 0.5) is 4.39 Å². The molecule has 0 aliphatic heterocycles. The molecule has 84 valence electrons. The Kier molecular flexibility index (Phi) is 3.47. The molecule has 16 heavy (non-hydrogen) atoms. The van der Waals surface area contributed by atoms with Crippen molar-refractivity contribution in [2.45, 2.75) is 6.10 Å². The van der Waals surface area contributed by atoms with Crippen LogP contribution in [-0.2, 0) is 0 Å². The first-order chi connectivity index (χ1) is 7.59. The van der Waals surface area contributed by atoms with Gasteiger partial charge in [0.25, 0.3) is 0 Å². The van der Waals surface area contributed by atoms with E-state index in [9.17, 15) is 9.50 Å². The maximum Gasteiger partial charge on any atom is 0.183 e. The van der Waals surface area contributed by atoms with Gasteiger partial charge < -0.3 is 9.52 Å². The highest BCUT2D eigenvalue weighted by Gasteiger charge is 2.19. The smallest absolute Gasteiger partial charge is 0.183 e. The molecule has 0 fully saturated rings. The summed E-state index contributed by atoms with van der Waals surface area (Å²) in [4.78, 5) is 0. The summed E-state index contributed by atoms with van der Waals surface area (Å²) in [5, 5.41) is 9.94. The minimum atomic E-state index is -1.11. The molecule has 5 heteroatoms. The van der Waals surface area contributed by atoms with Gasteiger partial charge in [0, 0.05) is 5.56 Å².